The molecule has 0 atom stereocenters. The third-order valence-electron chi connectivity index (χ3n) is 4.96. The van der Waals surface area contributed by atoms with Gasteiger partial charge in [0.05, 0.1) is 35.7 Å². The summed E-state index contributed by atoms with van der Waals surface area (Å²) in [5.41, 5.74) is -0.404. The number of nitro benzene ring substituents is 2. The number of ether oxygens (including phenoxy) is 2. The van der Waals surface area contributed by atoms with E-state index < -0.39 is 9.85 Å². The van der Waals surface area contributed by atoms with Gasteiger partial charge in [0.25, 0.3) is 11.4 Å². The second-order valence-corrected chi connectivity index (χ2v) is 7.55. The maximum absolute atomic E-state index is 11.1. The molecule has 0 fully saturated rings. The average molecular weight is 440 g/mol. The van der Waals surface area contributed by atoms with Crippen LogP contribution in [0.4, 0.5) is 17.1 Å². The molecule has 9 heteroatoms. The van der Waals surface area contributed by atoms with Gasteiger partial charge in [-0.05, 0) is 12.5 Å². The van der Waals surface area contributed by atoms with Crippen LogP contribution >= 0.6 is 0 Å². The number of nitro groups is 2. The number of rotatable bonds is 20. The summed E-state index contributed by atoms with van der Waals surface area (Å²) in [7, 11) is 0. The standard InChI is InChI=1S/C22H37N3O6/c1-2-3-4-5-6-7-8-9-10-11-15-30-17-18-31-16-14-23-21-13-12-20(24(26)27)19-22(21)25(28)29/h12-13,19,23H,2-11,14-18H2,1H3. The average Bonchev–Trinajstić information content (AvgIpc) is 2.75. The van der Waals surface area contributed by atoms with E-state index in [0.717, 1.165) is 19.1 Å². The molecular weight excluding hydrogens is 402 g/mol. The molecule has 0 saturated carbocycles. The van der Waals surface area contributed by atoms with E-state index in [2.05, 4.69) is 12.2 Å². The smallest absolute Gasteiger partial charge is 0.299 e. The Morgan fingerprint density at radius 3 is 1.94 bits per heavy atom. The molecule has 0 saturated heterocycles. The van der Waals surface area contributed by atoms with Crippen LogP contribution in [0.3, 0.4) is 0 Å². The summed E-state index contributed by atoms with van der Waals surface area (Å²) < 4.78 is 11.0. The fourth-order valence-electron chi connectivity index (χ4n) is 3.21. The Morgan fingerprint density at radius 1 is 0.774 bits per heavy atom. The lowest BCUT2D eigenvalue weighted by Gasteiger charge is -2.08. The first kappa shape index (κ1) is 26.8. The van der Waals surface area contributed by atoms with Crippen LogP contribution in [0.15, 0.2) is 18.2 Å². The quantitative estimate of drug-likeness (QED) is 0.153. The number of hydrogen-bond donors (Lipinski definition) is 1. The van der Waals surface area contributed by atoms with Crippen molar-refractivity contribution in [3.05, 3.63) is 38.4 Å². The SMILES string of the molecule is CCCCCCCCCCCCOCCOCCNc1ccc([N+](=O)[O-])cc1[N+](=O)[O-]. The molecule has 1 aromatic carbocycles. The van der Waals surface area contributed by atoms with Gasteiger partial charge >= 0.3 is 0 Å². The molecule has 0 heterocycles. The molecule has 9 nitrogen and oxygen atoms in total. The van der Waals surface area contributed by atoms with Gasteiger partial charge in [0.15, 0.2) is 0 Å². The molecule has 0 aromatic heterocycles. The zero-order valence-corrected chi connectivity index (χ0v) is 18.7. The highest BCUT2D eigenvalue weighted by Gasteiger charge is 2.18. The molecule has 0 unspecified atom stereocenters. The second kappa shape index (κ2) is 17.4. The van der Waals surface area contributed by atoms with E-state index in [1.54, 1.807) is 0 Å². The largest absolute Gasteiger partial charge is 0.379 e. The first-order valence-electron chi connectivity index (χ1n) is 11.4. The highest BCUT2D eigenvalue weighted by Crippen LogP contribution is 2.28. The lowest BCUT2D eigenvalue weighted by molar-refractivity contribution is -0.393. The van der Waals surface area contributed by atoms with E-state index in [-0.39, 0.29) is 17.1 Å². The minimum atomic E-state index is -0.657. The summed E-state index contributed by atoms with van der Waals surface area (Å²) >= 11 is 0. The van der Waals surface area contributed by atoms with Crippen LogP contribution in [0.1, 0.15) is 71.1 Å². The number of nitrogens with zero attached hydrogens (tertiary/aromatic N) is 2. The highest BCUT2D eigenvalue weighted by molar-refractivity contribution is 5.65. The molecule has 0 spiro atoms. The van der Waals surface area contributed by atoms with Gasteiger partial charge in [0.1, 0.15) is 5.69 Å². The van der Waals surface area contributed by atoms with Crippen molar-refractivity contribution in [3.8, 4) is 0 Å². The fourth-order valence-corrected chi connectivity index (χ4v) is 3.21. The van der Waals surface area contributed by atoms with Gasteiger partial charge in [-0.3, -0.25) is 20.2 Å². The van der Waals surface area contributed by atoms with Crippen molar-refractivity contribution in [2.75, 3.05) is 38.3 Å². The topological polar surface area (TPSA) is 117 Å². The Bertz CT molecular complexity index is 642. The lowest BCUT2D eigenvalue weighted by atomic mass is 10.1. The van der Waals surface area contributed by atoms with Crippen LogP contribution in [0.2, 0.25) is 0 Å². The van der Waals surface area contributed by atoms with Gasteiger partial charge in [-0.15, -0.1) is 0 Å². The molecule has 1 aromatic rings. The van der Waals surface area contributed by atoms with E-state index in [4.69, 9.17) is 9.47 Å². The number of anilines is 1. The molecular formula is C22H37N3O6. The normalized spacial score (nSPS) is 10.9. The third kappa shape index (κ3) is 12.9. The number of benzene rings is 1. The Hall–Kier alpha value is -2.26. The third-order valence-corrected chi connectivity index (χ3v) is 4.96. The van der Waals surface area contributed by atoms with Crippen LogP contribution in [0.5, 0.6) is 0 Å². The van der Waals surface area contributed by atoms with Gasteiger partial charge in [-0.2, -0.15) is 0 Å². The van der Waals surface area contributed by atoms with Crippen molar-refractivity contribution >= 4 is 17.1 Å². The number of nitrogens with one attached hydrogen (secondary N) is 1. The van der Waals surface area contributed by atoms with Crippen LogP contribution in [-0.4, -0.2) is 42.8 Å². The van der Waals surface area contributed by atoms with Gasteiger partial charge in [-0.25, -0.2) is 0 Å². The van der Waals surface area contributed by atoms with Crippen LogP contribution in [0.25, 0.3) is 0 Å². The Morgan fingerprint density at radius 2 is 1.35 bits per heavy atom. The first-order valence-corrected chi connectivity index (χ1v) is 11.4. The Kier molecular flexibility index (Phi) is 15.0. The van der Waals surface area contributed by atoms with E-state index in [9.17, 15) is 20.2 Å². The van der Waals surface area contributed by atoms with Crippen molar-refractivity contribution in [1.29, 1.82) is 0 Å². The van der Waals surface area contributed by atoms with Crippen molar-refractivity contribution in [3.63, 3.8) is 0 Å². The predicted octanol–water partition coefficient (Wildman–Crippen LogP) is 5.87. The number of non-ortho nitro benzene ring substituents is 1. The van der Waals surface area contributed by atoms with Crippen LogP contribution in [-0.2, 0) is 9.47 Å². The molecule has 31 heavy (non-hydrogen) atoms. The molecule has 1 rings (SSSR count). The molecule has 0 amide bonds. The van der Waals surface area contributed by atoms with Crippen molar-refractivity contribution in [2.24, 2.45) is 0 Å². The summed E-state index contributed by atoms with van der Waals surface area (Å²) in [6.45, 7) is 4.68. The molecule has 0 aliphatic rings. The minimum absolute atomic E-state index is 0.233. The van der Waals surface area contributed by atoms with Gasteiger partial charge in [0.2, 0.25) is 0 Å². The summed E-state index contributed by atoms with van der Waals surface area (Å²) in [6.07, 6.45) is 13.0. The van der Waals surface area contributed by atoms with Crippen molar-refractivity contribution in [1.82, 2.24) is 0 Å². The van der Waals surface area contributed by atoms with Gasteiger partial charge in [-0.1, -0.05) is 64.7 Å². The van der Waals surface area contributed by atoms with E-state index in [1.807, 2.05) is 0 Å². The second-order valence-electron chi connectivity index (χ2n) is 7.55. The maximum Gasteiger partial charge on any atom is 0.299 e. The highest BCUT2D eigenvalue weighted by atomic mass is 16.6. The van der Waals surface area contributed by atoms with E-state index in [1.165, 1.54) is 69.9 Å². The minimum Gasteiger partial charge on any atom is -0.379 e. The zero-order chi connectivity index (χ0) is 22.7. The lowest BCUT2D eigenvalue weighted by Crippen LogP contribution is -2.13. The summed E-state index contributed by atoms with van der Waals surface area (Å²) in [5, 5.41) is 24.7. The fraction of sp³-hybridized carbons (Fsp3) is 0.727. The molecule has 0 aliphatic carbocycles. The molecule has 0 radical (unpaired) electrons. The maximum atomic E-state index is 11.1. The first-order chi connectivity index (χ1) is 15.1. The molecule has 0 aliphatic heterocycles. The van der Waals surface area contributed by atoms with Crippen molar-refractivity contribution in [2.45, 2.75) is 71.1 Å². The summed E-state index contributed by atoms with van der Waals surface area (Å²) in [5.74, 6) is 0. The number of hydrogen-bond acceptors (Lipinski definition) is 7. The molecule has 0 bridgehead atoms. The van der Waals surface area contributed by atoms with Crippen LogP contribution < -0.4 is 5.32 Å². The van der Waals surface area contributed by atoms with Gasteiger partial charge in [0, 0.05) is 19.2 Å². The van der Waals surface area contributed by atoms with Gasteiger partial charge < -0.3 is 14.8 Å². The van der Waals surface area contributed by atoms with Crippen molar-refractivity contribution < 1.29 is 19.3 Å². The Balaban J connectivity index is 1.97. The summed E-state index contributed by atoms with van der Waals surface area (Å²) in [6, 6.07) is 3.52. The molecule has 1 N–H and O–H groups in total. The summed E-state index contributed by atoms with van der Waals surface area (Å²) in [4.78, 5) is 20.5. The predicted molar refractivity (Wildman–Crippen MR) is 122 cm³/mol. The van der Waals surface area contributed by atoms with E-state index >= 15 is 0 Å². The van der Waals surface area contributed by atoms with Crippen LogP contribution in [0, 0.1) is 20.2 Å². The van der Waals surface area contributed by atoms with E-state index in [0.29, 0.717) is 26.4 Å². The molecule has 176 valence electrons. The Labute approximate surface area is 184 Å². The number of unbranched alkanes of at least 4 members (excludes halogenated alkanes) is 9. The zero-order valence-electron chi connectivity index (χ0n) is 18.7. The monoisotopic (exact) mass is 439 g/mol.